The van der Waals surface area contributed by atoms with E-state index >= 15 is 0 Å². The summed E-state index contributed by atoms with van der Waals surface area (Å²) in [6, 6.07) is 15.7. The quantitative estimate of drug-likeness (QED) is 0.369. The highest BCUT2D eigenvalue weighted by molar-refractivity contribution is 7.11. The predicted octanol–water partition coefficient (Wildman–Crippen LogP) is 4.79. The Bertz CT molecular complexity index is 1020. The fourth-order valence-corrected chi connectivity index (χ4v) is 3.12. The van der Waals surface area contributed by atoms with E-state index in [-0.39, 0.29) is 5.69 Å². The normalized spacial score (nSPS) is 11.0. The maximum Gasteiger partial charge on any atom is 0.269 e. The van der Waals surface area contributed by atoms with E-state index in [0.29, 0.717) is 22.0 Å². The lowest BCUT2D eigenvalue weighted by atomic mass is 10.1. The van der Waals surface area contributed by atoms with Crippen LogP contribution in [0.15, 0.2) is 53.9 Å². The van der Waals surface area contributed by atoms with E-state index in [0.717, 1.165) is 11.1 Å². The molecule has 6 nitrogen and oxygen atoms in total. The molecule has 0 amide bonds. The minimum Gasteiger partial charge on any atom is -0.497 e. The van der Waals surface area contributed by atoms with Crippen molar-refractivity contribution in [2.24, 2.45) is 0 Å². The summed E-state index contributed by atoms with van der Waals surface area (Å²) in [5.74, 6) is 0.710. The van der Waals surface area contributed by atoms with Crippen LogP contribution in [-0.4, -0.2) is 17.0 Å². The van der Waals surface area contributed by atoms with Crippen LogP contribution in [0.2, 0.25) is 0 Å². The maximum atomic E-state index is 10.7. The van der Waals surface area contributed by atoms with Crippen LogP contribution in [0, 0.1) is 21.4 Å². The number of nitriles is 1. The van der Waals surface area contributed by atoms with E-state index in [1.807, 2.05) is 29.6 Å². The fourth-order valence-electron chi connectivity index (χ4n) is 2.32. The first-order chi connectivity index (χ1) is 12.6. The van der Waals surface area contributed by atoms with Crippen molar-refractivity contribution in [2.45, 2.75) is 0 Å². The number of benzene rings is 2. The number of aromatic nitrogens is 1. The van der Waals surface area contributed by atoms with Gasteiger partial charge in [-0.2, -0.15) is 5.26 Å². The van der Waals surface area contributed by atoms with E-state index in [2.05, 4.69) is 11.1 Å². The van der Waals surface area contributed by atoms with Gasteiger partial charge in [-0.15, -0.1) is 11.3 Å². The monoisotopic (exact) mass is 363 g/mol. The van der Waals surface area contributed by atoms with Crippen LogP contribution in [0.5, 0.6) is 5.75 Å². The summed E-state index contributed by atoms with van der Waals surface area (Å²) < 4.78 is 5.19. The van der Waals surface area contributed by atoms with Gasteiger partial charge in [-0.05, 0) is 35.9 Å². The molecule has 0 saturated carbocycles. The number of non-ortho nitro benzene ring substituents is 1. The second kappa shape index (κ2) is 7.59. The molecule has 0 aliphatic carbocycles. The lowest BCUT2D eigenvalue weighted by molar-refractivity contribution is -0.384. The van der Waals surface area contributed by atoms with Gasteiger partial charge in [-0.3, -0.25) is 10.1 Å². The minimum atomic E-state index is -0.444. The summed E-state index contributed by atoms with van der Waals surface area (Å²) in [5, 5.41) is 22.6. The molecule has 0 radical (unpaired) electrons. The second-order valence-electron chi connectivity index (χ2n) is 5.29. The van der Waals surface area contributed by atoms with Crippen molar-refractivity contribution in [1.29, 1.82) is 5.26 Å². The lowest BCUT2D eigenvalue weighted by Crippen LogP contribution is -1.87. The van der Waals surface area contributed by atoms with Crippen molar-refractivity contribution in [3.63, 3.8) is 0 Å². The number of methoxy groups -OCH3 is 1. The smallest absolute Gasteiger partial charge is 0.269 e. The second-order valence-corrected chi connectivity index (χ2v) is 6.15. The first-order valence-electron chi connectivity index (χ1n) is 7.57. The number of rotatable bonds is 5. The number of hydrogen-bond acceptors (Lipinski definition) is 6. The van der Waals surface area contributed by atoms with Gasteiger partial charge in [0.1, 0.15) is 16.8 Å². The molecule has 0 atom stereocenters. The van der Waals surface area contributed by atoms with Crippen molar-refractivity contribution in [1.82, 2.24) is 4.98 Å². The Morgan fingerprint density at radius 2 is 2.08 bits per heavy atom. The van der Waals surface area contributed by atoms with Gasteiger partial charge >= 0.3 is 0 Å². The highest BCUT2D eigenvalue weighted by Gasteiger charge is 2.11. The molecule has 0 spiro atoms. The molecular formula is C19H13N3O3S. The number of nitro benzene ring substituents is 1. The summed E-state index contributed by atoms with van der Waals surface area (Å²) in [7, 11) is 1.59. The van der Waals surface area contributed by atoms with E-state index < -0.39 is 4.92 Å². The molecule has 0 saturated heterocycles. The van der Waals surface area contributed by atoms with Crippen LogP contribution in [0.25, 0.3) is 22.9 Å². The number of nitro groups is 1. The van der Waals surface area contributed by atoms with Crippen LogP contribution in [-0.2, 0) is 0 Å². The minimum absolute atomic E-state index is 0.0276. The van der Waals surface area contributed by atoms with Crippen molar-refractivity contribution >= 4 is 28.7 Å². The van der Waals surface area contributed by atoms with Gasteiger partial charge in [0.25, 0.3) is 5.69 Å². The Morgan fingerprint density at radius 3 is 2.73 bits per heavy atom. The Hall–Kier alpha value is -3.50. The van der Waals surface area contributed by atoms with Gasteiger partial charge < -0.3 is 4.74 Å². The molecule has 26 heavy (non-hydrogen) atoms. The third-order valence-electron chi connectivity index (χ3n) is 3.63. The number of hydrogen-bond donors (Lipinski definition) is 0. The number of nitrogens with zero attached hydrogens (tertiary/aromatic N) is 3. The van der Waals surface area contributed by atoms with Crippen LogP contribution >= 0.6 is 11.3 Å². The van der Waals surface area contributed by atoms with Gasteiger partial charge in [0.2, 0.25) is 0 Å². The zero-order chi connectivity index (χ0) is 18.5. The molecule has 0 aliphatic rings. The van der Waals surface area contributed by atoms with Crippen LogP contribution < -0.4 is 4.74 Å². The molecule has 0 aliphatic heterocycles. The van der Waals surface area contributed by atoms with Crippen molar-refractivity contribution in [3.8, 4) is 23.1 Å². The zero-order valence-electron chi connectivity index (χ0n) is 13.7. The van der Waals surface area contributed by atoms with Gasteiger partial charge in [-0.1, -0.05) is 12.1 Å². The van der Waals surface area contributed by atoms with Crippen molar-refractivity contribution in [2.75, 3.05) is 7.11 Å². The average Bonchev–Trinajstić information content (AvgIpc) is 3.16. The molecule has 0 N–H and O–H groups in total. The third-order valence-corrected chi connectivity index (χ3v) is 4.51. The van der Waals surface area contributed by atoms with Crippen LogP contribution in [0.4, 0.5) is 5.69 Å². The first kappa shape index (κ1) is 17.3. The lowest BCUT2D eigenvalue weighted by Gasteiger charge is -2.01. The number of thiazole rings is 1. The predicted molar refractivity (Wildman–Crippen MR) is 101 cm³/mol. The Morgan fingerprint density at radius 1 is 1.31 bits per heavy atom. The van der Waals surface area contributed by atoms with E-state index in [1.165, 1.54) is 23.5 Å². The Balaban J connectivity index is 1.90. The average molecular weight is 363 g/mol. The summed E-state index contributed by atoms with van der Waals surface area (Å²) >= 11 is 1.35. The Kier molecular flexibility index (Phi) is 5.06. The topological polar surface area (TPSA) is 89.0 Å². The summed E-state index contributed by atoms with van der Waals surface area (Å²) in [4.78, 5) is 14.8. The largest absolute Gasteiger partial charge is 0.497 e. The molecule has 3 rings (SSSR count). The SMILES string of the molecule is COc1cccc(C=C(C#N)c2nc(-c3ccc([N+](=O)[O-])cc3)cs2)c1. The zero-order valence-corrected chi connectivity index (χ0v) is 14.6. The Labute approximate surface area is 153 Å². The van der Waals surface area contributed by atoms with Gasteiger partial charge in [0, 0.05) is 23.1 Å². The standard InChI is InChI=1S/C19H13N3O3S/c1-25-17-4-2-3-13(10-17)9-15(11-20)19-21-18(12-26-19)14-5-7-16(8-6-14)22(23)24/h2-10,12H,1H3. The molecule has 128 valence electrons. The van der Waals surface area contributed by atoms with E-state index in [9.17, 15) is 15.4 Å². The number of ether oxygens (including phenoxy) is 1. The number of allylic oxidation sites excluding steroid dienone is 1. The third kappa shape index (κ3) is 3.77. The molecule has 3 aromatic rings. The van der Waals surface area contributed by atoms with Gasteiger partial charge in [0.05, 0.1) is 23.3 Å². The van der Waals surface area contributed by atoms with E-state index in [4.69, 9.17) is 4.74 Å². The molecule has 2 aromatic carbocycles. The van der Waals surface area contributed by atoms with Gasteiger partial charge in [0.15, 0.2) is 0 Å². The van der Waals surface area contributed by atoms with Crippen molar-refractivity contribution < 1.29 is 9.66 Å². The molecule has 0 fully saturated rings. The summed E-state index contributed by atoms with van der Waals surface area (Å²) in [6.07, 6.45) is 1.75. The van der Waals surface area contributed by atoms with Gasteiger partial charge in [-0.25, -0.2) is 4.98 Å². The molecule has 0 unspecified atom stereocenters. The summed E-state index contributed by atoms with van der Waals surface area (Å²) in [5.41, 5.74) is 2.74. The molecule has 7 heteroatoms. The maximum absolute atomic E-state index is 10.7. The van der Waals surface area contributed by atoms with Crippen LogP contribution in [0.1, 0.15) is 10.6 Å². The molecule has 1 heterocycles. The first-order valence-corrected chi connectivity index (χ1v) is 8.45. The highest BCUT2D eigenvalue weighted by Crippen LogP contribution is 2.28. The van der Waals surface area contributed by atoms with Crippen LogP contribution in [0.3, 0.4) is 0 Å². The summed E-state index contributed by atoms with van der Waals surface area (Å²) in [6.45, 7) is 0. The molecule has 1 aromatic heterocycles. The molecule has 0 bridgehead atoms. The van der Waals surface area contributed by atoms with Crippen molar-refractivity contribution in [3.05, 3.63) is 74.6 Å². The van der Waals surface area contributed by atoms with E-state index in [1.54, 1.807) is 25.3 Å². The fraction of sp³-hybridized carbons (Fsp3) is 0.0526. The molecular weight excluding hydrogens is 350 g/mol. The highest BCUT2D eigenvalue weighted by atomic mass is 32.1.